The molecule has 1 aliphatic rings. The highest BCUT2D eigenvalue weighted by molar-refractivity contribution is 5.92. The lowest BCUT2D eigenvalue weighted by Crippen LogP contribution is -2.51. The van der Waals surface area contributed by atoms with Gasteiger partial charge in [0.2, 0.25) is 5.91 Å². The molecule has 4 nitrogen and oxygen atoms in total. The molecule has 3 unspecified atom stereocenters. The highest BCUT2D eigenvalue weighted by Gasteiger charge is 2.48. The molecule has 1 fully saturated rings. The topological polar surface area (TPSA) is 55.6 Å². The fourth-order valence-electron chi connectivity index (χ4n) is 4.64. The van der Waals surface area contributed by atoms with Crippen LogP contribution < -0.4 is 5.73 Å². The van der Waals surface area contributed by atoms with E-state index >= 15 is 0 Å². The Bertz CT molecular complexity index is 587. The molecule has 1 aromatic carbocycles. The molecule has 3 atom stereocenters. The molecule has 0 radical (unpaired) electrons. The van der Waals surface area contributed by atoms with Gasteiger partial charge < -0.3 is 15.4 Å². The van der Waals surface area contributed by atoms with Gasteiger partial charge in [0.05, 0.1) is 5.60 Å². The van der Waals surface area contributed by atoms with Crippen LogP contribution >= 0.6 is 0 Å². The Morgan fingerprint density at radius 1 is 1.40 bits per heavy atom. The molecule has 0 aromatic heterocycles. The van der Waals surface area contributed by atoms with Crippen molar-refractivity contribution < 1.29 is 9.53 Å². The van der Waals surface area contributed by atoms with E-state index in [1.807, 2.05) is 19.2 Å². The Balaban J connectivity index is 2.47. The summed E-state index contributed by atoms with van der Waals surface area (Å²) in [5.41, 5.74) is 6.79. The first-order valence-corrected chi connectivity index (χ1v) is 9.56. The van der Waals surface area contributed by atoms with E-state index < -0.39 is 0 Å². The number of rotatable bonds is 7. The number of nitrogens with zero attached hydrogens (tertiary/aromatic N) is 1. The molecular formula is C21H34N2O2. The van der Waals surface area contributed by atoms with E-state index in [2.05, 4.69) is 38.7 Å². The van der Waals surface area contributed by atoms with Crippen molar-refractivity contribution in [3.8, 4) is 0 Å². The van der Waals surface area contributed by atoms with Crippen LogP contribution in [0.15, 0.2) is 24.3 Å². The number of primary amides is 1. The third-order valence-corrected chi connectivity index (χ3v) is 6.06. The van der Waals surface area contributed by atoms with Gasteiger partial charge in [0.25, 0.3) is 0 Å². The van der Waals surface area contributed by atoms with Gasteiger partial charge in [0.15, 0.2) is 0 Å². The first-order valence-electron chi connectivity index (χ1n) is 9.56. The summed E-state index contributed by atoms with van der Waals surface area (Å²) in [7, 11) is 1.82. The molecule has 0 saturated heterocycles. The molecule has 1 aliphatic carbocycles. The second kappa shape index (κ2) is 8.33. The van der Waals surface area contributed by atoms with Crippen LogP contribution in [0.1, 0.15) is 62.9 Å². The van der Waals surface area contributed by atoms with Gasteiger partial charge in [-0.05, 0) is 56.8 Å². The lowest BCUT2D eigenvalue weighted by Gasteiger charge is -2.50. The Labute approximate surface area is 152 Å². The summed E-state index contributed by atoms with van der Waals surface area (Å²) in [4.78, 5) is 14.2. The van der Waals surface area contributed by atoms with Crippen LogP contribution in [-0.2, 0) is 10.3 Å². The third kappa shape index (κ3) is 3.90. The van der Waals surface area contributed by atoms with E-state index in [1.54, 1.807) is 6.07 Å². The van der Waals surface area contributed by atoms with Crippen LogP contribution in [0.4, 0.5) is 0 Å². The number of methoxy groups -OCH3 is 1. The van der Waals surface area contributed by atoms with Crippen molar-refractivity contribution in [2.45, 2.75) is 58.6 Å². The number of benzene rings is 1. The van der Waals surface area contributed by atoms with Crippen molar-refractivity contribution in [2.24, 2.45) is 17.6 Å². The van der Waals surface area contributed by atoms with Crippen LogP contribution in [0.2, 0.25) is 0 Å². The molecule has 25 heavy (non-hydrogen) atoms. The maximum atomic E-state index is 11.7. The molecule has 1 amide bonds. The van der Waals surface area contributed by atoms with Gasteiger partial charge in [0.1, 0.15) is 0 Å². The van der Waals surface area contributed by atoms with Crippen LogP contribution in [0, 0.1) is 11.8 Å². The number of carbonyl (C=O) groups is 1. The maximum absolute atomic E-state index is 11.7. The average Bonchev–Trinajstić information content (AvgIpc) is 2.59. The minimum Gasteiger partial charge on any atom is -0.373 e. The van der Waals surface area contributed by atoms with Crippen LogP contribution in [0.25, 0.3) is 0 Å². The van der Waals surface area contributed by atoms with E-state index in [1.165, 1.54) is 6.42 Å². The molecule has 4 heteroatoms. The van der Waals surface area contributed by atoms with Crippen LogP contribution in [0.5, 0.6) is 0 Å². The zero-order chi connectivity index (χ0) is 18.6. The SMILES string of the molecule is CCN(CC1CCCC(C)C1(OC)c1cccc(C(N)=O)c1)C(C)C. The normalized spacial score (nSPS) is 27.0. The summed E-state index contributed by atoms with van der Waals surface area (Å²) in [6, 6.07) is 8.25. The highest BCUT2D eigenvalue weighted by Crippen LogP contribution is 2.48. The lowest BCUT2D eigenvalue weighted by atomic mass is 9.65. The predicted molar refractivity (Wildman–Crippen MR) is 103 cm³/mol. The molecule has 0 aliphatic heterocycles. The number of hydrogen-bond donors (Lipinski definition) is 1. The van der Waals surface area contributed by atoms with Crippen molar-refractivity contribution >= 4 is 5.91 Å². The average molecular weight is 347 g/mol. The molecule has 0 heterocycles. The fourth-order valence-corrected chi connectivity index (χ4v) is 4.64. The second-order valence-corrected chi connectivity index (χ2v) is 7.65. The summed E-state index contributed by atoms with van der Waals surface area (Å²) in [6.45, 7) is 11.0. The van der Waals surface area contributed by atoms with Gasteiger partial charge in [-0.25, -0.2) is 0 Å². The number of hydrogen-bond acceptors (Lipinski definition) is 3. The Morgan fingerprint density at radius 3 is 2.68 bits per heavy atom. The van der Waals surface area contributed by atoms with Crippen molar-refractivity contribution in [3.63, 3.8) is 0 Å². The van der Waals surface area contributed by atoms with E-state index in [9.17, 15) is 4.79 Å². The van der Waals surface area contributed by atoms with Crippen molar-refractivity contribution in [2.75, 3.05) is 20.2 Å². The molecule has 2 N–H and O–H groups in total. The van der Waals surface area contributed by atoms with Crippen LogP contribution in [-0.4, -0.2) is 37.0 Å². The zero-order valence-corrected chi connectivity index (χ0v) is 16.4. The molecule has 140 valence electrons. The predicted octanol–water partition coefficient (Wildman–Crippen LogP) is 3.79. The van der Waals surface area contributed by atoms with Crippen LogP contribution in [0.3, 0.4) is 0 Å². The molecule has 2 rings (SSSR count). The Morgan fingerprint density at radius 2 is 2.12 bits per heavy atom. The first kappa shape index (κ1) is 19.9. The van der Waals surface area contributed by atoms with E-state index in [-0.39, 0.29) is 11.5 Å². The van der Waals surface area contributed by atoms with E-state index in [4.69, 9.17) is 10.5 Å². The maximum Gasteiger partial charge on any atom is 0.248 e. The summed E-state index contributed by atoms with van der Waals surface area (Å²) in [5.74, 6) is 0.405. The van der Waals surface area contributed by atoms with Gasteiger partial charge in [-0.2, -0.15) is 0 Å². The van der Waals surface area contributed by atoms with E-state index in [0.29, 0.717) is 23.4 Å². The third-order valence-electron chi connectivity index (χ3n) is 6.06. The number of carbonyl (C=O) groups excluding carboxylic acids is 1. The number of nitrogens with two attached hydrogens (primary N) is 1. The molecule has 0 spiro atoms. The Kier molecular flexibility index (Phi) is 6.64. The number of ether oxygens (including phenoxy) is 1. The van der Waals surface area contributed by atoms with Crippen molar-refractivity contribution in [1.29, 1.82) is 0 Å². The summed E-state index contributed by atoms with van der Waals surface area (Å²) in [5, 5.41) is 0. The highest BCUT2D eigenvalue weighted by atomic mass is 16.5. The molecular weight excluding hydrogens is 312 g/mol. The standard InChI is InChI=1S/C21H34N2O2/c1-6-23(15(2)3)14-19-12-7-9-16(4)21(19,25-5)18-11-8-10-17(13-18)20(22)24/h8,10-11,13,15-16,19H,6-7,9,12,14H2,1-5H3,(H2,22,24). The quantitative estimate of drug-likeness (QED) is 0.817. The van der Waals surface area contributed by atoms with Gasteiger partial charge >= 0.3 is 0 Å². The molecule has 1 aromatic rings. The summed E-state index contributed by atoms with van der Waals surface area (Å²) >= 11 is 0. The van der Waals surface area contributed by atoms with Crippen molar-refractivity contribution in [1.82, 2.24) is 4.90 Å². The number of amides is 1. The summed E-state index contributed by atoms with van der Waals surface area (Å²) in [6.07, 6.45) is 3.50. The first-order chi connectivity index (χ1) is 11.9. The van der Waals surface area contributed by atoms with Crippen molar-refractivity contribution in [3.05, 3.63) is 35.4 Å². The van der Waals surface area contributed by atoms with E-state index in [0.717, 1.165) is 31.5 Å². The zero-order valence-electron chi connectivity index (χ0n) is 16.4. The lowest BCUT2D eigenvalue weighted by molar-refractivity contribution is -0.134. The molecule has 1 saturated carbocycles. The van der Waals surface area contributed by atoms with Gasteiger partial charge in [0, 0.05) is 31.2 Å². The fraction of sp³-hybridized carbons (Fsp3) is 0.667. The largest absolute Gasteiger partial charge is 0.373 e. The monoisotopic (exact) mass is 346 g/mol. The smallest absolute Gasteiger partial charge is 0.248 e. The Hall–Kier alpha value is -1.39. The molecule has 0 bridgehead atoms. The van der Waals surface area contributed by atoms with Gasteiger partial charge in [-0.1, -0.05) is 32.4 Å². The summed E-state index contributed by atoms with van der Waals surface area (Å²) < 4.78 is 6.27. The second-order valence-electron chi connectivity index (χ2n) is 7.65. The van der Waals surface area contributed by atoms with Gasteiger partial charge in [-0.15, -0.1) is 0 Å². The van der Waals surface area contributed by atoms with Gasteiger partial charge in [-0.3, -0.25) is 4.79 Å². The minimum atomic E-state index is -0.384. The minimum absolute atomic E-state index is 0.369.